The molecule has 5 nitrogen and oxygen atoms in total. The zero-order valence-electron chi connectivity index (χ0n) is 20.8. The van der Waals surface area contributed by atoms with Crippen LogP contribution in [0.5, 0.6) is 0 Å². The summed E-state index contributed by atoms with van der Waals surface area (Å²) in [6.07, 6.45) is 0.188. The minimum Gasteiger partial charge on any atom is -0.394 e. The maximum absolute atomic E-state index is 15.5. The molecule has 2 aromatic carbocycles. The molecule has 8 heteroatoms. The molecule has 36 heavy (non-hydrogen) atoms. The number of Topliss-reactive ketones (excluding diaryl/α,β-unsaturated/α-hetero) is 1. The molecule has 0 amide bonds. The summed E-state index contributed by atoms with van der Waals surface area (Å²) in [6, 6.07) is 11.1. The van der Waals surface area contributed by atoms with Gasteiger partial charge in [-0.15, -0.1) is 0 Å². The van der Waals surface area contributed by atoms with Gasteiger partial charge in [0.05, 0.1) is 29.8 Å². The summed E-state index contributed by atoms with van der Waals surface area (Å²) in [5.41, 5.74) is -1.01. The summed E-state index contributed by atoms with van der Waals surface area (Å²) < 4.78 is 29.4. The third-order valence-corrected chi connectivity index (χ3v) is 7.20. The quantitative estimate of drug-likeness (QED) is 0.433. The molecule has 2 aromatic rings. The summed E-state index contributed by atoms with van der Waals surface area (Å²) >= 11 is 6.14. The predicted molar refractivity (Wildman–Crippen MR) is 135 cm³/mol. The minimum atomic E-state index is -1.39. The van der Waals surface area contributed by atoms with Crippen LogP contribution < -0.4 is 5.32 Å². The molecule has 1 heterocycles. The van der Waals surface area contributed by atoms with Crippen LogP contribution in [-0.2, 0) is 10.2 Å². The van der Waals surface area contributed by atoms with Crippen LogP contribution in [0.25, 0.3) is 0 Å². The van der Waals surface area contributed by atoms with Crippen LogP contribution in [0.3, 0.4) is 0 Å². The van der Waals surface area contributed by atoms with E-state index in [1.165, 1.54) is 30.3 Å². The molecular weight excluding hydrogens is 486 g/mol. The van der Waals surface area contributed by atoms with Gasteiger partial charge in [0.1, 0.15) is 22.8 Å². The van der Waals surface area contributed by atoms with Gasteiger partial charge in [-0.1, -0.05) is 56.6 Å². The largest absolute Gasteiger partial charge is 0.394 e. The number of rotatable bonds is 9. The Hall–Kier alpha value is -2.37. The van der Waals surface area contributed by atoms with Crippen molar-refractivity contribution in [2.24, 2.45) is 5.41 Å². The maximum Gasteiger partial charge on any atom is 0.150 e. The highest BCUT2D eigenvalue weighted by molar-refractivity contribution is 6.30. The van der Waals surface area contributed by atoms with E-state index in [0.717, 1.165) is 0 Å². The lowest BCUT2D eigenvalue weighted by Crippen LogP contribution is -2.44. The van der Waals surface area contributed by atoms with Gasteiger partial charge < -0.3 is 15.5 Å². The number of aliphatic hydroxyl groups is 2. The molecule has 0 saturated carbocycles. The first-order chi connectivity index (χ1) is 16.9. The Balaban J connectivity index is 2.19. The lowest BCUT2D eigenvalue weighted by molar-refractivity contribution is -0.121. The number of ketones is 1. The Kier molecular flexibility index (Phi) is 8.89. The average molecular weight is 519 g/mol. The molecular formula is C28H33ClF2N2O3. The van der Waals surface area contributed by atoms with E-state index in [-0.39, 0.29) is 34.6 Å². The van der Waals surface area contributed by atoms with Gasteiger partial charge in [0.2, 0.25) is 0 Å². The third-order valence-electron chi connectivity index (χ3n) is 6.91. The molecule has 1 aliphatic heterocycles. The molecule has 1 aliphatic rings. The molecule has 0 aliphatic carbocycles. The third kappa shape index (κ3) is 5.78. The van der Waals surface area contributed by atoms with Crippen LogP contribution >= 0.6 is 11.6 Å². The first kappa shape index (κ1) is 28.2. The maximum atomic E-state index is 15.5. The Bertz CT molecular complexity index is 1110. The molecule has 0 unspecified atom stereocenters. The van der Waals surface area contributed by atoms with Gasteiger partial charge in [0, 0.05) is 18.4 Å². The fourth-order valence-corrected chi connectivity index (χ4v) is 5.48. The lowest BCUT2D eigenvalue weighted by Gasteiger charge is -2.37. The van der Waals surface area contributed by atoms with Crippen molar-refractivity contribution in [2.45, 2.75) is 76.0 Å². The normalized spacial score (nSPS) is 24.9. The summed E-state index contributed by atoms with van der Waals surface area (Å²) in [6.45, 7) is 5.65. The van der Waals surface area contributed by atoms with Crippen LogP contribution in [0, 0.1) is 28.4 Å². The summed E-state index contributed by atoms with van der Waals surface area (Å²) in [5.74, 6) is -2.33. The van der Waals surface area contributed by atoms with Gasteiger partial charge in [-0.2, -0.15) is 5.26 Å². The molecule has 0 bridgehead atoms. The molecule has 1 saturated heterocycles. The molecule has 0 spiro atoms. The summed E-state index contributed by atoms with van der Waals surface area (Å²) in [4.78, 5) is 13.6. The molecule has 0 aromatic heterocycles. The van der Waals surface area contributed by atoms with Crippen LogP contribution in [0.4, 0.5) is 8.78 Å². The standard InChI is InChI=1S/C28H33ClF2N2O3/c1-27(2,3)14-23-28(16-32,17-10-12-18(30)13-11-17)24(20-7-5-8-21(29)25(20)31)26(33-23)22(36)9-4-6-19(35)15-34/h5,7-8,10-13,19,23-24,26,33-35H,4,6,9,14-15H2,1-3H3/t19-,23-,24-,26-,28-/m0/s1. The van der Waals surface area contributed by atoms with Crippen molar-refractivity contribution in [3.63, 3.8) is 0 Å². The van der Waals surface area contributed by atoms with Gasteiger partial charge in [0.15, 0.2) is 0 Å². The van der Waals surface area contributed by atoms with Crippen molar-refractivity contribution < 1.29 is 23.8 Å². The Morgan fingerprint density at radius 1 is 1.22 bits per heavy atom. The van der Waals surface area contributed by atoms with E-state index in [1.807, 2.05) is 20.8 Å². The van der Waals surface area contributed by atoms with Gasteiger partial charge in [0.25, 0.3) is 0 Å². The number of benzene rings is 2. The summed E-state index contributed by atoms with van der Waals surface area (Å²) in [7, 11) is 0. The number of nitrogens with zero attached hydrogens (tertiary/aromatic N) is 1. The number of aliphatic hydroxyl groups excluding tert-OH is 2. The lowest BCUT2D eigenvalue weighted by atomic mass is 9.62. The van der Waals surface area contributed by atoms with Crippen molar-refractivity contribution >= 4 is 17.4 Å². The van der Waals surface area contributed by atoms with Crippen molar-refractivity contribution in [3.05, 3.63) is 70.2 Å². The zero-order valence-corrected chi connectivity index (χ0v) is 21.5. The van der Waals surface area contributed by atoms with Crippen molar-refractivity contribution in [3.8, 4) is 6.07 Å². The highest BCUT2D eigenvalue weighted by atomic mass is 35.5. The van der Waals surface area contributed by atoms with Crippen LogP contribution in [-0.4, -0.2) is 40.8 Å². The molecule has 1 fully saturated rings. The molecule has 194 valence electrons. The fraction of sp³-hybridized carbons (Fsp3) is 0.500. The average Bonchev–Trinajstić information content (AvgIpc) is 3.14. The van der Waals surface area contributed by atoms with Gasteiger partial charge in [-0.05, 0) is 54.0 Å². The van der Waals surface area contributed by atoms with E-state index in [1.54, 1.807) is 12.1 Å². The smallest absolute Gasteiger partial charge is 0.150 e. The Morgan fingerprint density at radius 3 is 2.47 bits per heavy atom. The Morgan fingerprint density at radius 2 is 1.89 bits per heavy atom. The summed E-state index contributed by atoms with van der Waals surface area (Å²) in [5, 5.41) is 32.8. The van der Waals surface area contributed by atoms with E-state index < -0.39 is 47.8 Å². The van der Waals surface area contributed by atoms with E-state index in [9.17, 15) is 19.6 Å². The SMILES string of the molecule is CC(C)(C)C[C@@H]1N[C@@H](C(=O)CCC[C@H](O)CO)[C@H](c2cccc(Cl)c2F)[C@@]1(C#N)c1ccc(F)cc1. The van der Waals surface area contributed by atoms with Crippen molar-refractivity contribution in [1.29, 1.82) is 5.26 Å². The molecule has 3 N–H and O–H groups in total. The van der Waals surface area contributed by atoms with E-state index in [4.69, 9.17) is 16.7 Å². The highest BCUT2D eigenvalue weighted by Crippen LogP contribution is 2.52. The van der Waals surface area contributed by atoms with Gasteiger partial charge in [-0.3, -0.25) is 4.79 Å². The predicted octanol–water partition coefficient (Wildman–Crippen LogP) is 5.03. The van der Waals surface area contributed by atoms with Crippen LogP contribution in [0.15, 0.2) is 42.5 Å². The number of carbonyl (C=O) groups is 1. The second-order valence-corrected chi connectivity index (χ2v) is 11.2. The fourth-order valence-electron chi connectivity index (χ4n) is 5.30. The first-order valence-corrected chi connectivity index (χ1v) is 12.5. The zero-order chi connectivity index (χ0) is 26.7. The highest BCUT2D eigenvalue weighted by Gasteiger charge is 2.59. The van der Waals surface area contributed by atoms with E-state index >= 15 is 4.39 Å². The number of nitrogens with one attached hydrogen (secondary N) is 1. The topological polar surface area (TPSA) is 93.3 Å². The number of nitriles is 1. The number of carbonyl (C=O) groups excluding carboxylic acids is 1. The molecule has 5 atom stereocenters. The number of hydrogen-bond acceptors (Lipinski definition) is 5. The second kappa shape index (κ2) is 11.4. The molecule has 3 rings (SSSR count). The molecule has 0 radical (unpaired) electrons. The Labute approximate surface area is 216 Å². The first-order valence-electron chi connectivity index (χ1n) is 12.1. The van der Waals surface area contributed by atoms with Crippen LogP contribution in [0.2, 0.25) is 5.02 Å². The van der Waals surface area contributed by atoms with Crippen LogP contribution in [0.1, 0.15) is 63.5 Å². The second-order valence-electron chi connectivity index (χ2n) is 10.8. The van der Waals surface area contributed by atoms with Gasteiger partial charge >= 0.3 is 0 Å². The van der Waals surface area contributed by atoms with Crippen molar-refractivity contribution in [2.75, 3.05) is 6.61 Å². The monoisotopic (exact) mass is 518 g/mol. The number of hydrogen-bond donors (Lipinski definition) is 3. The van der Waals surface area contributed by atoms with E-state index in [2.05, 4.69) is 11.4 Å². The van der Waals surface area contributed by atoms with Crippen molar-refractivity contribution in [1.82, 2.24) is 5.32 Å². The van der Waals surface area contributed by atoms with Gasteiger partial charge in [-0.25, -0.2) is 8.78 Å². The minimum absolute atomic E-state index is 0.0700. The van der Waals surface area contributed by atoms with E-state index in [0.29, 0.717) is 18.4 Å². The number of halogens is 3.